The van der Waals surface area contributed by atoms with Crippen molar-refractivity contribution in [2.24, 2.45) is 0 Å². The second kappa shape index (κ2) is 6.02. The molecular formula is C11H17BrN2. The van der Waals surface area contributed by atoms with E-state index in [2.05, 4.69) is 45.7 Å². The smallest absolute Gasteiger partial charge is 0.0564 e. The highest BCUT2D eigenvalue weighted by Crippen LogP contribution is 2.18. The number of pyridine rings is 1. The van der Waals surface area contributed by atoms with Crippen molar-refractivity contribution in [3.63, 3.8) is 0 Å². The minimum absolute atomic E-state index is 1.05. The summed E-state index contributed by atoms with van der Waals surface area (Å²) in [6.07, 6.45) is 6.09. The van der Waals surface area contributed by atoms with Crippen molar-refractivity contribution in [1.29, 1.82) is 0 Å². The fraction of sp³-hybridized carbons (Fsp3) is 0.545. The van der Waals surface area contributed by atoms with E-state index in [1.165, 1.54) is 18.5 Å². The average Bonchev–Trinajstić information content (AvgIpc) is 2.17. The lowest BCUT2D eigenvalue weighted by molar-refractivity contribution is 0.743. The van der Waals surface area contributed by atoms with Crippen LogP contribution in [0, 0.1) is 0 Å². The van der Waals surface area contributed by atoms with E-state index in [4.69, 9.17) is 0 Å². The monoisotopic (exact) mass is 256 g/mol. The first-order valence-corrected chi connectivity index (χ1v) is 5.92. The number of nitrogens with zero attached hydrogens (tertiary/aromatic N) is 2. The third-order valence-corrected chi connectivity index (χ3v) is 2.48. The van der Waals surface area contributed by atoms with Gasteiger partial charge in [-0.3, -0.25) is 4.98 Å². The molecule has 0 atom stereocenters. The summed E-state index contributed by atoms with van der Waals surface area (Å²) in [5.41, 5.74) is 1.21. The molecule has 14 heavy (non-hydrogen) atoms. The average molecular weight is 257 g/mol. The van der Waals surface area contributed by atoms with Crippen molar-refractivity contribution in [3.05, 3.63) is 22.9 Å². The third-order valence-electron chi connectivity index (χ3n) is 2.04. The molecular weight excluding hydrogens is 240 g/mol. The van der Waals surface area contributed by atoms with E-state index >= 15 is 0 Å². The van der Waals surface area contributed by atoms with Crippen LogP contribution in [-0.4, -0.2) is 18.1 Å². The summed E-state index contributed by atoms with van der Waals surface area (Å²) >= 11 is 3.44. The van der Waals surface area contributed by atoms with Gasteiger partial charge in [0.05, 0.1) is 11.9 Å². The minimum Gasteiger partial charge on any atom is -0.370 e. The zero-order chi connectivity index (χ0) is 10.4. The van der Waals surface area contributed by atoms with Crippen molar-refractivity contribution in [2.45, 2.75) is 26.7 Å². The Labute approximate surface area is 94.5 Å². The fourth-order valence-corrected chi connectivity index (χ4v) is 1.84. The highest BCUT2D eigenvalue weighted by atomic mass is 79.9. The molecule has 1 rings (SSSR count). The quantitative estimate of drug-likeness (QED) is 0.802. The molecule has 1 aromatic heterocycles. The number of anilines is 1. The highest BCUT2D eigenvalue weighted by molar-refractivity contribution is 9.10. The first kappa shape index (κ1) is 11.5. The van der Waals surface area contributed by atoms with Crippen LogP contribution in [0.15, 0.2) is 22.9 Å². The summed E-state index contributed by atoms with van der Waals surface area (Å²) in [7, 11) is 0. The van der Waals surface area contributed by atoms with Gasteiger partial charge < -0.3 is 4.90 Å². The van der Waals surface area contributed by atoms with E-state index < -0.39 is 0 Å². The second-order valence-electron chi connectivity index (χ2n) is 3.35. The Morgan fingerprint density at radius 1 is 1.21 bits per heavy atom. The molecule has 0 aromatic carbocycles. The molecule has 0 aliphatic heterocycles. The van der Waals surface area contributed by atoms with Crippen molar-refractivity contribution in [3.8, 4) is 0 Å². The van der Waals surface area contributed by atoms with Gasteiger partial charge in [0.25, 0.3) is 0 Å². The maximum atomic E-state index is 4.18. The van der Waals surface area contributed by atoms with Crippen molar-refractivity contribution in [2.75, 3.05) is 18.0 Å². The van der Waals surface area contributed by atoms with Crippen LogP contribution in [0.5, 0.6) is 0 Å². The molecule has 0 bridgehead atoms. The first-order chi connectivity index (χ1) is 6.77. The second-order valence-corrected chi connectivity index (χ2v) is 4.26. The SMILES string of the molecule is CCCN(CCC)c1cncc(Br)c1. The number of halogens is 1. The van der Waals surface area contributed by atoms with Gasteiger partial charge in [-0.2, -0.15) is 0 Å². The lowest BCUT2D eigenvalue weighted by Gasteiger charge is -2.23. The molecule has 1 aromatic rings. The van der Waals surface area contributed by atoms with Crippen molar-refractivity contribution < 1.29 is 0 Å². The predicted molar refractivity (Wildman–Crippen MR) is 64.7 cm³/mol. The molecule has 0 aliphatic rings. The standard InChI is InChI=1S/C11H17BrN2/c1-3-5-14(6-4-2)11-7-10(12)8-13-9-11/h7-9H,3-6H2,1-2H3. The van der Waals surface area contributed by atoms with Gasteiger partial charge in [0.2, 0.25) is 0 Å². The molecule has 0 spiro atoms. The maximum absolute atomic E-state index is 4.18. The van der Waals surface area contributed by atoms with Crippen LogP contribution < -0.4 is 4.90 Å². The first-order valence-electron chi connectivity index (χ1n) is 5.13. The van der Waals surface area contributed by atoms with Gasteiger partial charge in [0.1, 0.15) is 0 Å². The predicted octanol–water partition coefficient (Wildman–Crippen LogP) is 3.47. The lowest BCUT2D eigenvalue weighted by Crippen LogP contribution is -2.24. The summed E-state index contributed by atoms with van der Waals surface area (Å²) in [6, 6.07) is 2.12. The van der Waals surface area contributed by atoms with E-state index in [1.54, 1.807) is 0 Å². The van der Waals surface area contributed by atoms with Gasteiger partial charge in [-0.25, -0.2) is 0 Å². The van der Waals surface area contributed by atoms with Crippen molar-refractivity contribution in [1.82, 2.24) is 4.98 Å². The normalized spacial score (nSPS) is 10.2. The summed E-state index contributed by atoms with van der Waals surface area (Å²) < 4.78 is 1.05. The van der Waals surface area contributed by atoms with E-state index in [1.807, 2.05) is 12.4 Å². The summed E-state index contributed by atoms with van der Waals surface area (Å²) in [5.74, 6) is 0. The fourth-order valence-electron chi connectivity index (χ4n) is 1.48. The Morgan fingerprint density at radius 3 is 2.36 bits per heavy atom. The Kier molecular flexibility index (Phi) is 4.94. The minimum atomic E-state index is 1.05. The summed E-state index contributed by atoms with van der Waals surface area (Å²) in [5, 5.41) is 0. The van der Waals surface area contributed by atoms with Gasteiger partial charge in [0, 0.05) is 23.8 Å². The van der Waals surface area contributed by atoms with Crippen LogP contribution in [0.2, 0.25) is 0 Å². The highest BCUT2D eigenvalue weighted by Gasteiger charge is 2.04. The topological polar surface area (TPSA) is 16.1 Å². The lowest BCUT2D eigenvalue weighted by atomic mass is 10.3. The largest absolute Gasteiger partial charge is 0.370 e. The molecule has 0 fully saturated rings. The Hall–Kier alpha value is -0.570. The van der Waals surface area contributed by atoms with Crippen LogP contribution in [0.1, 0.15) is 26.7 Å². The Bertz CT molecular complexity index is 270. The number of aromatic nitrogens is 1. The number of hydrogen-bond acceptors (Lipinski definition) is 2. The maximum Gasteiger partial charge on any atom is 0.0564 e. The zero-order valence-electron chi connectivity index (χ0n) is 8.83. The molecule has 0 saturated carbocycles. The molecule has 2 nitrogen and oxygen atoms in total. The van der Waals surface area contributed by atoms with E-state index in [9.17, 15) is 0 Å². The van der Waals surface area contributed by atoms with Gasteiger partial charge in [0.15, 0.2) is 0 Å². The third kappa shape index (κ3) is 3.29. The van der Waals surface area contributed by atoms with Gasteiger partial charge in [-0.1, -0.05) is 13.8 Å². The van der Waals surface area contributed by atoms with Gasteiger partial charge in [-0.05, 0) is 34.8 Å². The zero-order valence-corrected chi connectivity index (χ0v) is 10.4. The van der Waals surface area contributed by atoms with Crippen LogP contribution in [0.3, 0.4) is 0 Å². The van der Waals surface area contributed by atoms with Crippen LogP contribution in [-0.2, 0) is 0 Å². The van der Waals surface area contributed by atoms with Crippen LogP contribution >= 0.6 is 15.9 Å². The molecule has 0 amide bonds. The number of rotatable bonds is 5. The summed E-state index contributed by atoms with van der Waals surface area (Å²) in [6.45, 7) is 6.61. The van der Waals surface area contributed by atoms with Gasteiger partial charge in [-0.15, -0.1) is 0 Å². The molecule has 0 saturated heterocycles. The van der Waals surface area contributed by atoms with E-state index in [0.717, 1.165) is 17.6 Å². The molecule has 0 aliphatic carbocycles. The summed E-state index contributed by atoms with van der Waals surface area (Å²) in [4.78, 5) is 6.55. The van der Waals surface area contributed by atoms with Crippen LogP contribution in [0.4, 0.5) is 5.69 Å². The molecule has 0 radical (unpaired) electrons. The van der Waals surface area contributed by atoms with Gasteiger partial charge >= 0.3 is 0 Å². The molecule has 78 valence electrons. The molecule has 0 unspecified atom stereocenters. The molecule has 1 heterocycles. The Morgan fingerprint density at radius 2 is 1.86 bits per heavy atom. The number of hydrogen-bond donors (Lipinski definition) is 0. The molecule has 3 heteroatoms. The Balaban J connectivity index is 2.75. The van der Waals surface area contributed by atoms with Crippen LogP contribution in [0.25, 0.3) is 0 Å². The molecule has 0 N–H and O–H groups in total. The van der Waals surface area contributed by atoms with E-state index in [0.29, 0.717) is 0 Å². The van der Waals surface area contributed by atoms with Crippen molar-refractivity contribution >= 4 is 21.6 Å². The van der Waals surface area contributed by atoms with E-state index in [-0.39, 0.29) is 0 Å².